The maximum Gasteiger partial charge on any atom is 0.391 e. The lowest BCUT2D eigenvalue weighted by atomic mass is 9.87. The molecule has 9 heteroatoms. The number of hydrogen-bond acceptors (Lipinski definition) is 6. The molecule has 4 N–H and O–H groups in total. The minimum absolute atomic E-state index is 0.0337. The van der Waals surface area contributed by atoms with Crippen molar-refractivity contribution in [1.82, 2.24) is 0 Å². The van der Waals surface area contributed by atoms with E-state index in [0.717, 1.165) is 5.56 Å². The van der Waals surface area contributed by atoms with Crippen LogP contribution >= 0.6 is 0 Å². The van der Waals surface area contributed by atoms with E-state index in [2.05, 4.69) is 0 Å². The first kappa shape index (κ1) is 25.1. The smallest absolute Gasteiger partial charge is 0.391 e. The fraction of sp³-hybridized carbons (Fsp3) is 0.360. The van der Waals surface area contributed by atoms with E-state index < -0.39 is 30.1 Å². The van der Waals surface area contributed by atoms with E-state index in [1.54, 1.807) is 36.4 Å². The summed E-state index contributed by atoms with van der Waals surface area (Å²) in [5.41, 5.74) is 14.5. The third kappa shape index (κ3) is 7.26. The van der Waals surface area contributed by atoms with Gasteiger partial charge in [-0.1, -0.05) is 12.1 Å². The van der Waals surface area contributed by atoms with Crippen LogP contribution in [0.4, 0.5) is 24.5 Å². The van der Waals surface area contributed by atoms with Crippen LogP contribution in [-0.2, 0) is 20.7 Å². The van der Waals surface area contributed by atoms with Gasteiger partial charge >= 0.3 is 18.1 Å². The van der Waals surface area contributed by atoms with Gasteiger partial charge in [-0.15, -0.1) is 0 Å². The molecule has 1 aliphatic rings. The predicted molar refractivity (Wildman–Crippen MR) is 123 cm³/mol. The highest BCUT2D eigenvalue weighted by Gasteiger charge is 2.42. The van der Waals surface area contributed by atoms with Gasteiger partial charge in [-0.2, -0.15) is 13.2 Å². The highest BCUT2D eigenvalue weighted by Crippen LogP contribution is 2.38. The molecule has 6 nitrogen and oxygen atoms in total. The number of hydrogen-bond donors (Lipinski definition) is 2. The van der Waals surface area contributed by atoms with Gasteiger partial charge in [-0.3, -0.25) is 0 Å². The molecule has 0 saturated heterocycles. The van der Waals surface area contributed by atoms with E-state index in [9.17, 15) is 22.8 Å². The summed E-state index contributed by atoms with van der Waals surface area (Å²) in [5.74, 6) is -2.43. The molecule has 0 aromatic heterocycles. The van der Waals surface area contributed by atoms with Crippen molar-refractivity contribution in [2.75, 3.05) is 18.1 Å². The Morgan fingerprint density at radius 3 is 2.32 bits per heavy atom. The Hall–Kier alpha value is -3.49. The van der Waals surface area contributed by atoms with Crippen LogP contribution in [0.5, 0.6) is 0 Å². The molecule has 0 radical (unpaired) electrons. The molecule has 1 fully saturated rings. The van der Waals surface area contributed by atoms with Gasteiger partial charge in [0.1, 0.15) is 6.10 Å². The molecule has 0 bridgehead atoms. The van der Waals surface area contributed by atoms with Gasteiger partial charge in [-0.25, -0.2) is 9.59 Å². The zero-order chi connectivity index (χ0) is 24.7. The van der Waals surface area contributed by atoms with Gasteiger partial charge in [0, 0.05) is 23.9 Å². The van der Waals surface area contributed by atoms with Crippen molar-refractivity contribution in [2.24, 2.45) is 5.92 Å². The number of anilines is 2. The number of alkyl halides is 3. The minimum atomic E-state index is -4.20. The van der Waals surface area contributed by atoms with E-state index >= 15 is 0 Å². The summed E-state index contributed by atoms with van der Waals surface area (Å²) in [5, 5.41) is 0. The first-order chi connectivity index (χ1) is 16.1. The number of carbonyl (C=O) groups is 2. The normalized spacial score (nSPS) is 18.6. The molecule has 0 amide bonds. The number of nitrogens with two attached hydrogens (primary N) is 2. The highest BCUT2D eigenvalue weighted by atomic mass is 19.4. The molecule has 0 heterocycles. The topological polar surface area (TPSA) is 105 Å². The Morgan fingerprint density at radius 1 is 1.00 bits per heavy atom. The summed E-state index contributed by atoms with van der Waals surface area (Å²) in [6.07, 6.45) is -1.13. The standard InChI is InChI=1S/C25H27F3N2O4/c26-25(27,28)19-6-9-21(10-7-19)34-24(32)17-4-1-16(2-5-17)3-12-23(31)33-14-13-18-15-20(29)8-11-22(18)30/h1-5,8,11-12,15,19,21H,6-7,9-10,13-14,29-30H2/b12-3+. The van der Waals surface area contributed by atoms with Crippen molar-refractivity contribution in [2.45, 2.75) is 44.4 Å². The zero-order valence-corrected chi connectivity index (χ0v) is 18.5. The molecular weight excluding hydrogens is 449 g/mol. The molecule has 2 aromatic carbocycles. The zero-order valence-electron chi connectivity index (χ0n) is 18.5. The minimum Gasteiger partial charge on any atom is -0.462 e. The van der Waals surface area contributed by atoms with Crippen LogP contribution in [0.15, 0.2) is 48.5 Å². The number of nitrogen functional groups attached to an aromatic ring is 2. The number of rotatable bonds is 7. The van der Waals surface area contributed by atoms with E-state index in [4.69, 9.17) is 20.9 Å². The van der Waals surface area contributed by atoms with Crippen LogP contribution in [0.3, 0.4) is 0 Å². The summed E-state index contributed by atoms with van der Waals surface area (Å²) in [4.78, 5) is 24.2. The number of esters is 2. The lowest BCUT2D eigenvalue weighted by Crippen LogP contribution is -2.31. The van der Waals surface area contributed by atoms with Crippen LogP contribution in [0, 0.1) is 5.92 Å². The van der Waals surface area contributed by atoms with E-state index in [0.29, 0.717) is 23.4 Å². The summed E-state index contributed by atoms with van der Waals surface area (Å²) in [7, 11) is 0. The van der Waals surface area contributed by atoms with Crippen LogP contribution < -0.4 is 11.5 Å². The van der Waals surface area contributed by atoms with Gasteiger partial charge in [0.25, 0.3) is 0 Å². The first-order valence-corrected chi connectivity index (χ1v) is 11.0. The Balaban J connectivity index is 1.43. The number of ether oxygens (including phenoxy) is 2. The predicted octanol–water partition coefficient (Wildman–Crippen LogP) is 4.93. The summed E-state index contributed by atoms with van der Waals surface area (Å²) in [6, 6.07) is 11.5. The second-order valence-electron chi connectivity index (χ2n) is 8.25. The van der Waals surface area contributed by atoms with Crippen molar-refractivity contribution < 1.29 is 32.2 Å². The Morgan fingerprint density at radius 2 is 1.68 bits per heavy atom. The Labute approximate surface area is 195 Å². The van der Waals surface area contributed by atoms with E-state index in [1.807, 2.05) is 0 Å². The lowest BCUT2D eigenvalue weighted by Gasteiger charge is -2.29. The number of benzene rings is 2. The maximum atomic E-state index is 12.8. The molecule has 0 unspecified atom stereocenters. The van der Waals surface area contributed by atoms with Gasteiger partial charge in [0.2, 0.25) is 0 Å². The number of carbonyl (C=O) groups excluding carboxylic acids is 2. The maximum absolute atomic E-state index is 12.8. The van der Waals surface area contributed by atoms with Gasteiger partial charge in [0.15, 0.2) is 0 Å². The average molecular weight is 476 g/mol. The summed E-state index contributed by atoms with van der Waals surface area (Å²) < 4.78 is 48.8. The first-order valence-electron chi connectivity index (χ1n) is 11.0. The molecule has 1 saturated carbocycles. The van der Waals surface area contributed by atoms with Gasteiger partial charge < -0.3 is 20.9 Å². The van der Waals surface area contributed by atoms with Crippen molar-refractivity contribution >= 4 is 29.4 Å². The highest BCUT2D eigenvalue weighted by molar-refractivity contribution is 5.90. The largest absolute Gasteiger partial charge is 0.462 e. The fourth-order valence-electron chi connectivity index (χ4n) is 3.77. The molecule has 34 heavy (non-hydrogen) atoms. The molecule has 182 valence electrons. The van der Waals surface area contributed by atoms with Crippen LogP contribution in [0.25, 0.3) is 6.08 Å². The SMILES string of the molecule is Nc1ccc(N)c(CCOC(=O)/C=C/c2ccc(C(=O)OC3CCC(C(F)(F)F)CC3)cc2)c1. The summed E-state index contributed by atoms with van der Waals surface area (Å²) in [6.45, 7) is 0.145. The van der Waals surface area contributed by atoms with E-state index in [-0.39, 0.29) is 37.9 Å². The van der Waals surface area contributed by atoms with Crippen molar-refractivity contribution in [3.8, 4) is 0 Å². The Bertz CT molecular complexity index is 1030. The second kappa shape index (κ2) is 11.1. The quantitative estimate of drug-likeness (QED) is 0.334. The van der Waals surface area contributed by atoms with Crippen molar-refractivity contribution in [3.63, 3.8) is 0 Å². The van der Waals surface area contributed by atoms with Gasteiger partial charge in [-0.05, 0) is 73.2 Å². The Kier molecular flexibility index (Phi) is 8.20. The van der Waals surface area contributed by atoms with Crippen molar-refractivity contribution in [1.29, 1.82) is 0 Å². The third-order valence-electron chi connectivity index (χ3n) is 5.75. The molecule has 0 spiro atoms. The van der Waals surface area contributed by atoms with Crippen LogP contribution in [0.2, 0.25) is 0 Å². The average Bonchev–Trinajstić information content (AvgIpc) is 2.80. The molecule has 2 aromatic rings. The monoisotopic (exact) mass is 476 g/mol. The van der Waals surface area contributed by atoms with Crippen LogP contribution in [-0.4, -0.2) is 30.8 Å². The molecule has 3 rings (SSSR count). The molecule has 1 aliphatic carbocycles. The lowest BCUT2D eigenvalue weighted by molar-refractivity contribution is -0.185. The fourth-order valence-corrected chi connectivity index (χ4v) is 3.77. The third-order valence-corrected chi connectivity index (χ3v) is 5.75. The summed E-state index contributed by atoms with van der Waals surface area (Å²) >= 11 is 0. The molecule has 0 aliphatic heterocycles. The molecule has 0 atom stereocenters. The van der Waals surface area contributed by atoms with Crippen LogP contribution in [0.1, 0.15) is 47.2 Å². The van der Waals surface area contributed by atoms with Gasteiger partial charge in [0.05, 0.1) is 18.1 Å². The number of halogens is 3. The van der Waals surface area contributed by atoms with Crippen molar-refractivity contribution in [3.05, 3.63) is 65.2 Å². The van der Waals surface area contributed by atoms with E-state index in [1.165, 1.54) is 18.2 Å². The molecular formula is C25H27F3N2O4. The second-order valence-corrected chi connectivity index (χ2v) is 8.25.